The van der Waals surface area contributed by atoms with E-state index in [1.807, 2.05) is 47.4 Å². The van der Waals surface area contributed by atoms with Crippen molar-refractivity contribution in [3.63, 3.8) is 0 Å². The largest absolute Gasteiger partial charge is 0.342 e. The number of para-hydroxylation sites is 2. The van der Waals surface area contributed by atoms with Crippen molar-refractivity contribution >= 4 is 27.7 Å². The minimum Gasteiger partial charge on any atom is -0.342 e. The van der Waals surface area contributed by atoms with E-state index in [9.17, 15) is 9.59 Å². The van der Waals surface area contributed by atoms with Crippen molar-refractivity contribution in [2.24, 2.45) is 0 Å². The van der Waals surface area contributed by atoms with E-state index in [2.05, 4.69) is 17.0 Å². The average Bonchev–Trinajstić information content (AvgIpc) is 3.28. The molecule has 1 fully saturated rings. The van der Waals surface area contributed by atoms with Crippen molar-refractivity contribution in [3.8, 4) is 0 Å². The van der Waals surface area contributed by atoms with Gasteiger partial charge in [0.1, 0.15) is 5.82 Å². The van der Waals surface area contributed by atoms with Crippen LogP contribution in [0.15, 0.2) is 53.3 Å². The van der Waals surface area contributed by atoms with E-state index in [0.717, 1.165) is 42.5 Å². The van der Waals surface area contributed by atoms with Gasteiger partial charge in [-0.05, 0) is 37.5 Å². The number of likely N-dealkylation sites (tertiary alicyclic amines) is 1. The maximum Gasteiger partial charge on any atom is 0.274 e. The molecule has 1 saturated heterocycles. The predicted octanol–water partition coefficient (Wildman–Crippen LogP) is 4.09. The molecule has 7 heteroatoms. The number of aromatic amines is 1. The molecule has 164 valence electrons. The van der Waals surface area contributed by atoms with E-state index in [4.69, 9.17) is 4.98 Å². The maximum atomic E-state index is 13.6. The molecule has 0 saturated carbocycles. The van der Waals surface area contributed by atoms with Crippen LogP contribution in [0.4, 0.5) is 0 Å². The van der Waals surface area contributed by atoms with E-state index in [0.29, 0.717) is 36.1 Å². The molecular weight excluding hydrogens is 402 g/mol. The zero-order valence-corrected chi connectivity index (χ0v) is 18.3. The van der Waals surface area contributed by atoms with E-state index in [-0.39, 0.29) is 17.4 Å². The molecule has 32 heavy (non-hydrogen) atoms. The minimum atomic E-state index is -0.135. The number of H-pyrrole nitrogens is 1. The smallest absolute Gasteiger partial charge is 0.274 e. The van der Waals surface area contributed by atoms with Crippen LogP contribution >= 0.6 is 0 Å². The fraction of sp³-hybridized carbons (Fsp3) is 0.360. The van der Waals surface area contributed by atoms with Gasteiger partial charge < -0.3 is 9.88 Å². The van der Waals surface area contributed by atoms with Gasteiger partial charge in [0.15, 0.2) is 5.69 Å². The summed E-state index contributed by atoms with van der Waals surface area (Å²) in [7, 11) is 0. The lowest BCUT2D eigenvalue weighted by Gasteiger charge is -2.32. The number of benzene rings is 2. The summed E-state index contributed by atoms with van der Waals surface area (Å²) in [5.41, 5.74) is 2.19. The second-order valence-corrected chi connectivity index (χ2v) is 8.51. The van der Waals surface area contributed by atoms with Gasteiger partial charge in [0, 0.05) is 30.9 Å². The summed E-state index contributed by atoms with van der Waals surface area (Å²) < 4.78 is 1.46. The topological polar surface area (TPSA) is 83.9 Å². The highest BCUT2D eigenvalue weighted by molar-refractivity contribution is 6.04. The third kappa shape index (κ3) is 3.68. The highest BCUT2D eigenvalue weighted by Crippen LogP contribution is 2.28. The van der Waals surface area contributed by atoms with E-state index < -0.39 is 0 Å². The molecule has 1 amide bonds. The molecular formula is C25H27N5O2. The molecule has 1 aliphatic heterocycles. The molecule has 1 N–H and O–H groups in total. The van der Waals surface area contributed by atoms with Gasteiger partial charge in [0.05, 0.1) is 16.4 Å². The molecule has 4 aromatic rings. The molecule has 1 atom stereocenters. The number of aromatic nitrogens is 4. The Labute approximate surface area is 186 Å². The van der Waals surface area contributed by atoms with Crippen LogP contribution in [0.2, 0.25) is 0 Å². The normalized spacial score (nSPS) is 16.7. The molecule has 2 aromatic heterocycles. The Morgan fingerprint density at radius 1 is 1.12 bits per heavy atom. The van der Waals surface area contributed by atoms with Gasteiger partial charge in [-0.2, -0.15) is 5.10 Å². The van der Waals surface area contributed by atoms with Gasteiger partial charge in [-0.25, -0.2) is 9.67 Å². The molecule has 0 radical (unpaired) electrons. The van der Waals surface area contributed by atoms with Crippen LogP contribution in [0.1, 0.15) is 54.8 Å². The number of hydrogen-bond acceptors (Lipinski definition) is 4. The third-order valence-electron chi connectivity index (χ3n) is 6.30. The molecule has 0 spiro atoms. The Morgan fingerprint density at radius 3 is 2.72 bits per heavy atom. The number of imidazole rings is 1. The van der Waals surface area contributed by atoms with Crippen molar-refractivity contribution in [1.29, 1.82) is 0 Å². The van der Waals surface area contributed by atoms with Gasteiger partial charge >= 0.3 is 0 Å². The number of nitrogens with one attached hydrogen (secondary N) is 1. The Hall–Kier alpha value is -3.48. The minimum absolute atomic E-state index is 0.118. The predicted molar refractivity (Wildman–Crippen MR) is 125 cm³/mol. The van der Waals surface area contributed by atoms with Crippen LogP contribution in [-0.2, 0) is 6.54 Å². The van der Waals surface area contributed by atoms with E-state index in [1.54, 1.807) is 6.07 Å². The number of unbranched alkanes of at least 4 members (excludes halogenated alkanes) is 1. The Balaban J connectivity index is 1.48. The van der Waals surface area contributed by atoms with Crippen molar-refractivity contribution < 1.29 is 4.79 Å². The number of carbonyl (C=O) groups excluding carboxylic acids is 1. The number of aryl methyl sites for hydroxylation is 1. The number of fused-ring (bicyclic) bond motifs is 2. The Morgan fingerprint density at radius 2 is 1.91 bits per heavy atom. The Kier molecular flexibility index (Phi) is 5.47. The van der Waals surface area contributed by atoms with Crippen LogP contribution in [0.3, 0.4) is 0 Å². The third-order valence-corrected chi connectivity index (χ3v) is 6.30. The van der Waals surface area contributed by atoms with Crippen LogP contribution in [0, 0.1) is 0 Å². The van der Waals surface area contributed by atoms with E-state index in [1.165, 1.54) is 4.68 Å². The second-order valence-electron chi connectivity index (χ2n) is 8.51. The molecule has 5 rings (SSSR count). The lowest BCUT2D eigenvalue weighted by molar-refractivity contribution is 0.0698. The van der Waals surface area contributed by atoms with Gasteiger partial charge in [-0.15, -0.1) is 0 Å². The van der Waals surface area contributed by atoms with Gasteiger partial charge in [-0.3, -0.25) is 9.59 Å². The summed E-state index contributed by atoms with van der Waals surface area (Å²) in [6.45, 7) is 3.86. The van der Waals surface area contributed by atoms with Crippen LogP contribution in [-0.4, -0.2) is 43.6 Å². The molecule has 7 nitrogen and oxygen atoms in total. The number of piperidine rings is 1. The molecule has 2 aromatic carbocycles. The first-order valence-corrected chi connectivity index (χ1v) is 11.4. The van der Waals surface area contributed by atoms with Crippen molar-refractivity contribution in [3.05, 3.63) is 70.4 Å². The van der Waals surface area contributed by atoms with Crippen molar-refractivity contribution in [1.82, 2.24) is 24.6 Å². The number of nitrogens with zero attached hydrogens (tertiary/aromatic N) is 4. The standard InChI is InChI=1S/C25H27N5O2/c1-2-3-15-30-24(31)19-11-5-4-10-18(19)22(28-30)25(32)29-14-8-9-17(16-29)23-26-20-12-6-7-13-21(20)27-23/h4-7,10-13,17H,2-3,8-9,14-16H2,1H3,(H,26,27)/t17-/m1/s1. The summed E-state index contributed by atoms with van der Waals surface area (Å²) in [6, 6.07) is 15.3. The van der Waals surface area contributed by atoms with Gasteiger partial charge in [-0.1, -0.05) is 43.7 Å². The monoisotopic (exact) mass is 429 g/mol. The highest BCUT2D eigenvalue weighted by atomic mass is 16.2. The van der Waals surface area contributed by atoms with Gasteiger partial charge in [0.2, 0.25) is 0 Å². The quantitative estimate of drug-likeness (QED) is 0.518. The van der Waals surface area contributed by atoms with Crippen molar-refractivity contribution in [2.45, 2.75) is 45.1 Å². The summed E-state index contributed by atoms with van der Waals surface area (Å²) in [5.74, 6) is 0.957. The number of hydrogen-bond donors (Lipinski definition) is 1. The number of amides is 1. The second kappa shape index (κ2) is 8.57. The first-order valence-electron chi connectivity index (χ1n) is 11.4. The number of rotatable bonds is 5. The van der Waals surface area contributed by atoms with Crippen molar-refractivity contribution in [2.75, 3.05) is 13.1 Å². The molecule has 0 unspecified atom stereocenters. The SMILES string of the molecule is CCCCn1nc(C(=O)N2CCC[C@@H](c3nc4ccccc4[nH]3)C2)c2ccccc2c1=O. The van der Waals surface area contributed by atoms with Gasteiger partial charge in [0.25, 0.3) is 11.5 Å². The molecule has 1 aliphatic rings. The lowest BCUT2D eigenvalue weighted by atomic mass is 9.97. The lowest BCUT2D eigenvalue weighted by Crippen LogP contribution is -2.40. The molecule has 0 aliphatic carbocycles. The average molecular weight is 430 g/mol. The summed E-state index contributed by atoms with van der Waals surface area (Å²) in [5, 5.41) is 5.71. The molecule has 3 heterocycles. The van der Waals surface area contributed by atoms with Crippen LogP contribution < -0.4 is 5.56 Å². The molecule has 0 bridgehead atoms. The Bertz CT molecular complexity index is 1310. The summed E-state index contributed by atoms with van der Waals surface area (Å²) >= 11 is 0. The maximum absolute atomic E-state index is 13.6. The van der Waals surface area contributed by atoms with Crippen LogP contribution in [0.25, 0.3) is 21.8 Å². The fourth-order valence-electron chi connectivity index (χ4n) is 4.55. The zero-order chi connectivity index (χ0) is 22.1. The first-order chi connectivity index (χ1) is 15.7. The summed E-state index contributed by atoms with van der Waals surface area (Å²) in [4.78, 5) is 36.5. The first kappa shape index (κ1) is 20.4. The zero-order valence-electron chi connectivity index (χ0n) is 18.3. The highest BCUT2D eigenvalue weighted by Gasteiger charge is 2.29. The van der Waals surface area contributed by atoms with E-state index >= 15 is 0 Å². The number of carbonyl (C=O) groups is 1. The van der Waals surface area contributed by atoms with Crippen LogP contribution in [0.5, 0.6) is 0 Å². The summed E-state index contributed by atoms with van der Waals surface area (Å²) in [6.07, 6.45) is 3.68. The fourth-order valence-corrected chi connectivity index (χ4v) is 4.55.